The lowest BCUT2D eigenvalue weighted by molar-refractivity contribution is 0.192. The van der Waals surface area contributed by atoms with Crippen molar-refractivity contribution in [2.75, 3.05) is 13.1 Å². The van der Waals surface area contributed by atoms with Crippen LogP contribution in [0.5, 0.6) is 0 Å². The zero-order valence-corrected chi connectivity index (χ0v) is 13.9. The topological polar surface area (TPSA) is 81.2 Å². The van der Waals surface area contributed by atoms with Gasteiger partial charge >= 0.3 is 0 Å². The van der Waals surface area contributed by atoms with Gasteiger partial charge in [0, 0.05) is 31.9 Å². The second-order valence-electron chi connectivity index (χ2n) is 5.86. The standard InChI is InChI=1S/C14H26N4O2S/c1-4-7-17-10-14(16-12(17)3)21(19,20)18-8-5-6-11(2)13(18)9-15/h10-11,13H,4-9,15H2,1-3H3. The van der Waals surface area contributed by atoms with Gasteiger partial charge in [-0.05, 0) is 32.1 Å². The number of rotatable bonds is 5. The largest absolute Gasteiger partial charge is 0.334 e. The number of aromatic nitrogens is 2. The van der Waals surface area contributed by atoms with Crippen LogP contribution in [0.2, 0.25) is 0 Å². The number of hydrogen-bond donors (Lipinski definition) is 1. The number of aryl methyl sites for hydroxylation is 2. The average molecular weight is 314 g/mol. The van der Waals surface area contributed by atoms with Gasteiger partial charge in [0.1, 0.15) is 5.82 Å². The molecule has 0 spiro atoms. The first-order valence-corrected chi connectivity index (χ1v) is 9.11. The van der Waals surface area contributed by atoms with Crippen molar-refractivity contribution in [2.45, 2.75) is 57.6 Å². The molecule has 7 heteroatoms. The monoisotopic (exact) mass is 314 g/mol. The molecule has 2 rings (SSSR count). The Morgan fingerprint density at radius 1 is 1.48 bits per heavy atom. The highest BCUT2D eigenvalue weighted by molar-refractivity contribution is 7.89. The Kier molecular flexibility index (Phi) is 5.06. The smallest absolute Gasteiger partial charge is 0.262 e. The highest BCUT2D eigenvalue weighted by Gasteiger charge is 2.37. The third-order valence-electron chi connectivity index (χ3n) is 4.30. The number of nitrogens with zero attached hydrogens (tertiary/aromatic N) is 3. The number of nitrogens with two attached hydrogens (primary N) is 1. The Morgan fingerprint density at radius 3 is 2.81 bits per heavy atom. The Morgan fingerprint density at radius 2 is 2.19 bits per heavy atom. The number of imidazole rings is 1. The van der Waals surface area contributed by atoms with Crippen molar-refractivity contribution in [1.82, 2.24) is 13.9 Å². The van der Waals surface area contributed by atoms with E-state index < -0.39 is 10.0 Å². The molecule has 6 nitrogen and oxygen atoms in total. The minimum atomic E-state index is -3.55. The van der Waals surface area contributed by atoms with Gasteiger partial charge in [0.25, 0.3) is 10.0 Å². The molecule has 1 saturated heterocycles. The average Bonchev–Trinajstić information content (AvgIpc) is 2.81. The van der Waals surface area contributed by atoms with Gasteiger partial charge in [-0.3, -0.25) is 0 Å². The van der Waals surface area contributed by atoms with Gasteiger partial charge in [-0.25, -0.2) is 13.4 Å². The van der Waals surface area contributed by atoms with Crippen molar-refractivity contribution < 1.29 is 8.42 Å². The van der Waals surface area contributed by atoms with Crippen molar-refractivity contribution in [3.8, 4) is 0 Å². The zero-order valence-electron chi connectivity index (χ0n) is 13.1. The summed E-state index contributed by atoms with van der Waals surface area (Å²) < 4.78 is 29.2. The van der Waals surface area contributed by atoms with E-state index in [2.05, 4.69) is 18.8 Å². The first-order chi connectivity index (χ1) is 9.91. The molecule has 1 aromatic heterocycles. The lowest BCUT2D eigenvalue weighted by atomic mass is 9.93. The molecule has 2 N–H and O–H groups in total. The van der Waals surface area contributed by atoms with Crippen molar-refractivity contribution >= 4 is 10.0 Å². The quantitative estimate of drug-likeness (QED) is 0.889. The molecule has 1 aromatic rings. The molecule has 2 heterocycles. The molecule has 0 saturated carbocycles. The van der Waals surface area contributed by atoms with Gasteiger partial charge in [-0.15, -0.1) is 0 Å². The number of sulfonamides is 1. The second-order valence-corrected chi connectivity index (χ2v) is 7.70. The molecule has 120 valence electrons. The molecular formula is C14H26N4O2S. The zero-order chi connectivity index (χ0) is 15.6. The van der Waals surface area contributed by atoms with Crippen molar-refractivity contribution in [3.63, 3.8) is 0 Å². The lowest BCUT2D eigenvalue weighted by Gasteiger charge is -2.37. The van der Waals surface area contributed by atoms with Gasteiger partial charge in [0.15, 0.2) is 5.03 Å². The third kappa shape index (κ3) is 3.14. The van der Waals surface area contributed by atoms with E-state index in [9.17, 15) is 8.42 Å². The maximum absolute atomic E-state index is 12.9. The van der Waals surface area contributed by atoms with Gasteiger partial charge in [-0.2, -0.15) is 4.31 Å². The predicted octanol–water partition coefficient (Wildman–Crippen LogP) is 1.35. The van der Waals surface area contributed by atoms with Crippen LogP contribution in [0.25, 0.3) is 0 Å². The fourth-order valence-corrected chi connectivity index (χ4v) is 4.82. The van der Waals surface area contributed by atoms with Crippen LogP contribution in [0.3, 0.4) is 0 Å². The van der Waals surface area contributed by atoms with Crippen LogP contribution in [0.4, 0.5) is 0 Å². The Bertz CT molecular complexity index is 582. The number of hydrogen-bond acceptors (Lipinski definition) is 4. The molecule has 1 fully saturated rings. The van der Waals surface area contributed by atoms with Gasteiger partial charge in [0.2, 0.25) is 0 Å². The van der Waals surface area contributed by atoms with E-state index in [0.717, 1.165) is 31.6 Å². The summed E-state index contributed by atoms with van der Waals surface area (Å²) in [5.41, 5.74) is 5.81. The summed E-state index contributed by atoms with van der Waals surface area (Å²) >= 11 is 0. The van der Waals surface area contributed by atoms with Crippen LogP contribution in [0, 0.1) is 12.8 Å². The normalized spacial score (nSPS) is 24.4. The van der Waals surface area contributed by atoms with Crippen molar-refractivity contribution in [1.29, 1.82) is 0 Å². The second kappa shape index (κ2) is 6.46. The van der Waals surface area contributed by atoms with Crippen molar-refractivity contribution in [2.24, 2.45) is 11.7 Å². The van der Waals surface area contributed by atoms with E-state index in [1.165, 1.54) is 0 Å². The summed E-state index contributed by atoms with van der Waals surface area (Å²) in [5, 5.41) is 0.154. The first kappa shape index (κ1) is 16.5. The SMILES string of the molecule is CCCn1cc(S(=O)(=O)N2CCCC(C)C2CN)nc1C. The predicted molar refractivity (Wildman–Crippen MR) is 82.4 cm³/mol. The summed E-state index contributed by atoms with van der Waals surface area (Å²) in [6.07, 6.45) is 4.51. The first-order valence-electron chi connectivity index (χ1n) is 7.67. The Labute approximate surface area is 127 Å². The van der Waals surface area contributed by atoms with E-state index >= 15 is 0 Å². The minimum absolute atomic E-state index is 0.125. The Hall–Kier alpha value is -0.920. The highest BCUT2D eigenvalue weighted by atomic mass is 32.2. The molecule has 0 aromatic carbocycles. The summed E-state index contributed by atoms with van der Waals surface area (Å²) in [6.45, 7) is 7.65. The summed E-state index contributed by atoms with van der Waals surface area (Å²) in [7, 11) is -3.55. The minimum Gasteiger partial charge on any atom is -0.334 e. The fraction of sp³-hybridized carbons (Fsp3) is 0.786. The summed E-state index contributed by atoms with van der Waals surface area (Å²) in [6, 6.07) is -0.125. The molecule has 0 amide bonds. The van der Waals surface area contributed by atoms with E-state index in [1.807, 2.05) is 11.5 Å². The number of piperidine rings is 1. The lowest BCUT2D eigenvalue weighted by Crippen LogP contribution is -2.51. The molecule has 1 aliphatic rings. The third-order valence-corrected chi connectivity index (χ3v) is 6.09. The summed E-state index contributed by atoms with van der Waals surface area (Å²) in [5.74, 6) is 1.03. The maximum atomic E-state index is 12.9. The fourth-order valence-electron chi connectivity index (χ4n) is 3.05. The van der Waals surface area contributed by atoms with Crippen molar-refractivity contribution in [3.05, 3.63) is 12.0 Å². The van der Waals surface area contributed by atoms with Crippen LogP contribution < -0.4 is 5.73 Å². The molecule has 0 aliphatic carbocycles. The molecule has 1 aliphatic heterocycles. The van der Waals surface area contributed by atoms with E-state index in [-0.39, 0.29) is 17.0 Å². The Balaban J connectivity index is 2.34. The van der Waals surface area contributed by atoms with Crippen LogP contribution in [0.1, 0.15) is 38.9 Å². The molecule has 21 heavy (non-hydrogen) atoms. The highest BCUT2D eigenvalue weighted by Crippen LogP contribution is 2.28. The van der Waals surface area contributed by atoms with Crippen LogP contribution in [0.15, 0.2) is 11.2 Å². The molecule has 2 unspecified atom stereocenters. The molecule has 2 atom stereocenters. The van der Waals surface area contributed by atoms with Gasteiger partial charge in [-0.1, -0.05) is 13.8 Å². The van der Waals surface area contributed by atoms with E-state index in [0.29, 0.717) is 13.1 Å². The molecule has 0 radical (unpaired) electrons. The van der Waals surface area contributed by atoms with E-state index in [1.54, 1.807) is 10.5 Å². The van der Waals surface area contributed by atoms with Gasteiger partial charge in [0.05, 0.1) is 0 Å². The summed E-state index contributed by atoms with van der Waals surface area (Å²) in [4.78, 5) is 4.26. The van der Waals surface area contributed by atoms with Crippen LogP contribution in [-0.2, 0) is 16.6 Å². The van der Waals surface area contributed by atoms with Gasteiger partial charge < -0.3 is 10.3 Å². The molecule has 0 bridgehead atoms. The van der Waals surface area contributed by atoms with Crippen LogP contribution >= 0.6 is 0 Å². The maximum Gasteiger partial charge on any atom is 0.262 e. The van der Waals surface area contributed by atoms with E-state index in [4.69, 9.17) is 5.73 Å². The molecular weight excluding hydrogens is 288 g/mol. The van der Waals surface area contributed by atoms with Crippen LogP contribution in [-0.4, -0.2) is 41.4 Å².